The van der Waals surface area contributed by atoms with Crippen LogP contribution in [0.15, 0.2) is 48.5 Å². The Bertz CT molecular complexity index is 1020. The number of aryl methyl sites for hydroxylation is 1. The van der Waals surface area contributed by atoms with E-state index in [4.69, 9.17) is 4.98 Å². The molecular weight excluding hydrogens is 272 g/mol. The first-order valence-corrected chi connectivity index (χ1v) is 7.47. The molecule has 2 aromatic heterocycles. The van der Waals surface area contributed by atoms with Gasteiger partial charge in [0.2, 0.25) is 0 Å². The van der Waals surface area contributed by atoms with E-state index in [1.807, 2.05) is 30.3 Å². The molecule has 0 bridgehead atoms. The molecule has 1 N–H and O–H groups in total. The monoisotopic (exact) mass is 290 g/mol. The van der Waals surface area contributed by atoms with Crippen LogP contribution in [0.1, 0.15) is 19.5 Å². The van der Waals surface area contributed by atoms with Crippen LogP contribution in [0, 0.1) is 0 Å². The van der Waals surface area contributed by atoms with Gasteiger partial charge in [-0.15, -0.1) is 0 Å². The number of nitrogens with zero attached hydrogens (tertiary/aromatic N) is 2. The maximum absolute atomic E-state index is 10.6. The van der Waals surface area contributed by atoms with Crippen molar-refractivity contribution in [3.63, 3.8) is 0 Å². The van der Waals surface area contributed by atoms with Crippen molar-refractivity contribution in [3.8, 4) is 0 Å². The summed E-state index contributed by atoms with van der Waals surface area (Å²) in [6, 6.07) is 16.4. The van der Waals surface area contributed by atoms with Crippen molar-refractivity contribution in [2.45, 2.75) is 19.4 Å². The van der Waals surface area contributed by atoms with E-state index in [2.05, 4.69) is 29.8 Å². The van der Waals surface area contributed by atoms with Crippen molar-refractivity contribution in [1.82, 2.24) is 9.55 Å². The summed E-state index contributed by atoms with van der Waals surface area (Å²) in [5.74, 6) is 0. The number of aromatic nitrogens is 2. The Morgan fingerprint density at radius 1 is 0.955 bits per heavy atom. The Kier molecular flexibility index (Phi) is 2.60. The van der Waals surface area contributed by atoms with E-state index in [0.717, 1.165) is 38.4 Å². The maximum atomic E-state index is 10.6. The second-order valence-electron chi connectivity index (χ2n) is 6.34. The summed E-state index contributed by atoms with van der Waals surface area (Å²) in [5.41, 5.74) is 2.94. The molecule has 0 aliphatic rings. The first kappa shape index (κ1) is 13.3. The predicted molar refractivity (Wildman–Crippen MR) is 91.0 cm³/mol. The maximum Gasteiger partial charge on any atom is 0.102 e. The molecular formula is C19H18N2O. The summed E-state index contributed by atoms with van der Waals surface area (Å²) >= 11 is 0. The van der Waals surface area contributed by atoms with Gasteiger partial charge in [-0.2, -0.15) is 0 Å². The van der Waals surface area contributed by atoms with Crippen LogP contribution in [0.5, 0.6) is 0 Å². The summed E-state index contributed by atoms with van der Waals surface area (Å²) in [6.45, 7) is 3.59. The molecule has 2 aromatic carbocycles. The number of hydrogen-bond donors (Lipinski definition) is 1. The van der Waals surface area contributed by atoms with E-state index in [1.165, 1.54) is 0 Å². The molecule has 110 valence electrons. The smallest absolute Gasteiger partial charge is 0.102 e. The number of hydrogen-bond acceptors (Lipinski definition) is 2. The van der Waals surface area contributed by atoms with Crippen LogP contribution in [0.25, 0.3) is 32.7 Å². The average molecular weight is 290 g/mol. The molecule has 4 aromatic rings. The summed E-state index contributed by atoms with van der Waals surface area (Å²) in [7, 11) is 2.07. The minimum Gasteiger partial charge on any atom is -0.384 e. The van der Waals surface area contributed by atoms with E-state index in [-0.39, 0.29) is 0 Å². The van der Waals surface area contributed by atoms with E-state index >= 15 is 0 Å². The molecule has 0 unspecified atom stereocenters. The van der Waals surface area contributed by atoms with Gasteiger partial charge in [-0.1, -0.05) is 36.4 Å². The molecule has 3 nitrogen and oxygen atoms in total. The third-order valence-electron chi connectivity index (χ3n) is 4.31. The molecule has 0 saturated carbocycles. The lowest BCUT2D eigenvalue weighted by molar-refractivity contribution is 0.0760. The quantitative estimate of drug-likeness (QED) is 0.573. The number of pyridine rings is 1. The predicted octanol–water partition coefficient (Wildman–Crippen LogP) is 4.11. The van der Waals surface area contributed by atoms with E-state index in [0.29, 0.717) is 0 Å². The molecule has 0 radical (unpaired) electrons. The van der Waals surface area contributed by atoms with E-state index in [9.17, 15) is 5.11 Å². The summed E-state index contributed by atoms with van der Waals surface area (Å²) in [6.07, 6.45) is 0. The Balaban J connectivity index is 2.39. The van der Waals surface area contributed by atoms with Gasteiger partial charge < -0.3 is 9.67 Å². The first-order valence-electron chi connectivity index (χ1n) is 7.47. The van der Waals surface area contributed by atoms with Crippen molar-refractivity contribution in [3.05, 3.63) is 54.2 Å². The van der Waals surface area contributed by atoms with Gasteiger partial charge in [-0.25, -0.2) is 4.98 Å². The molecule has 0 aliphatic carbocycles. The highest BCUT2D eigenvalue weighted by molar-refractivity contribution is 6.17. The lowest BCUT2D eigenvalue weighted by Crippen LogP contribution is -2.18. The van der Waals surface area contributed by atoms with Gasteiger partial charge in [0.05, 0.1) is 16.7 Å². The second kappa shape index (κ2) is 4.31. The standard InChI is InChI=1S/C19H18N2O/c1-19(2,22)18-16-13-9-5-7-11-15(13)21(3)17(16)12-8-4-6-10-14(12)20-18/h4-11,22H,1-3H3. The molecule has 0 amide bonds. The summed E-state index contributed by atoms with van der Waals surface area (Å²) < 4.78 is 2.20. The number of rotatable bonds is 1. The third kappa shape index (κ3) is 1.69. The Morgan fingerprint density at radius 2 is 1.59 bits per heavy atom. The highest BCUT2D eigenvalue weighted by Crippen LogP contribution is 2.38. The van der Waals surface area contributed by atoms with Crippen LogP contribution in [-0.4, -0.2) is 14.7 Å². The molecule has 2 heterocycles. The van der Waals surface area contributed by atoms with Crippen LogP contribution in [0.3, 0.4) is 0 Å². The van der Waals surface area contributed by atoms with Crippen molar-refractivity contribution in [2.24, 2.45) is 7.05 Å². The van der Waals surface area contributed by atoms with Gasteiger partial charge in [-0.3, -0.25) is 0 Å². The van der Waals surface area contributed by atoms with Gasteiger partial charge in [0.1, 0.15) is 5.60 Å². The van der Waals surface area contributed by atoms with Gasteiger partial charge in [-0.05, 0) is 26.0 Å². The lowest BCUT2D eigenvalue weighted by Gasteiger charge is -2.19. The molecule has 0 spiro atoms. The Labute approximate surface area is 128 Å². The zero-order chi connectivity index (χ0) is 15.5. The van der Waals surface area contributed by atoms with Crippen molar-refractivity contribution >= 4 is 32.7 Å². The highest BCUT2D eigenvalue weighted by atomic mass is 16.3. The number of benzene rings is 2. The molecule has 0 fully saturated rings. The summed E-state index contributed by atoms with van der Waals surface area (Å²) in [5, 5.41) is 13.9. The third-order valence-corrected chi connectivity index (χ3v) is 4.31. The summed E-state index contributed by atoms with van der Waals surface area (Å²) in [4.78, 5) is 4.77. The lowest BCUT2D eigenvalue weighted by atomic mass is 9.97. The first-order chi connectivity index (χ1) is 10.5. The fourth-order valence-electron chi connectivity index (χ4n) is 3.34. The van der Waals surface area contributed by atoms with Gasteiger partial charge >= 0.3 is 0 Å². The van der Waals surface area contributed by atoms with E-state index < -0.39 is 5.60 Å². The minimum absolute atomic E-state index is 0.734. The van der Waals surface area contributed by atoms with Crippen LogP contribution >= 0.6 is 0 Å². The van der Waals surface area contributed by atoms with Crippen LogP contribution in [0.4, 0.5) is 0 Å². The number of fused-ring (bicyclic) bond motifs is 5. The van der Waals surface area contributed by atoms with Crippen molar-refractivity contribution in [1.29, 1.82) is 0 Å². The fourth-order valence-corrected chi connectivity index (χ4v) is 3.34. The van der Waals surface area contributed by atoms with Gasteiger partial charge in [0.15, 0.2) is 0 Å². The number of para-hydroxylation sites is 2. The van der Waals surface area contributed by atoms with Crippen LogP contribution in [-0.2, 0) is 12.6 Å². The molecule has 0 atom stereocenters. The van der Waals surface area contributed by atoms with E-state index in [1.54, 1.807) is 13.8 Å². The van der Waals surface area contributed by atoms with Gasteiger partial charge in [0.25, 0.3) is 0 Å². The van der Waals surface area contributed by atoms with Gasteiger partial charge in [0, 0.05) is 28.7 Å². The molecule has 0 saturated heterocycles. The number of aliphatic hydroxyl groups is 1. The SMILES string of the molecule is Cn1c2ccccc2c2c(C(C)(C)O)nc3ccccc3c21. The Hall–Kier alpha value is -2.39. The van der Waals surface area contributed by atoms with Crippen LogP contribution < -0.4 is 0 Å². The second-order valence-corrected chi connectivity index (χ2v) is 6.34. The average Bonchev–Trinajstić information content (AvgIpc) is 2.80. The van der Waals surface area contributed by atoms with Crippen molar-refractivity contribution < 1.29 is 5.11 Å². The molecule has 22 heavy (non-hydrogen) atoms. The largest absolute Gasteiger partial charge is 0.384 e. The topological polar surface area (TPSA) is 38.0 Å². The fraction of sp³-hybridized carbons (Fsp3) is 0.211. The zero-order valence-electron chi connectivity index (χ0n) is 13.0. The molecule has 0 aliphatic heterocycles. The minimum atomic E-state index is -0.994. The zero-order valence-corrected chi connectivity index (χ0v) is 13.0. The Morgan fingerprint density at radius 3 is 2.32 bits per heavy atom. The molecule has 4 rings (SSSR count). The molecule has 3 heteroatoms. The van der Waals surface area contributed by atoms with Crippen LogP contribution in [0.2, 0.25) is 0 Å². The van der Waals surface area contributed by atoms with Crippen molar-refractivity contribution in [2.75, 3.05) is 0 Å². The highest BCUT2D eigenvalue weighted by Gasteiger charge is 2.25. The normalized spacial score (nSPS) is 12.5.